The molecule has 0 unspecified atom stereocenters. The molecule has 1 aromatic heterocycles. The number of anilines is 4. The Balaban J connectivity index is 1.39. The molecule has 27 heavy (non-hydrogen) atoms. The highest BCUT2D eigenvalue weighted by Gasteiger charge is 2.24. The predicted molar refractivity (Wildman–Crippen MR) is 105 cm³/mol. The van der Waals surface area contributed by atoms with E-state index in [9.17, 15) is 4.39 Å². The third kappa shape index (κ3) is 3.02. The normalized spacial score (nSPS) is 18.2. The van der Waals surface area contributed by atoms with E-state index >= 15 is 0 Å². The predicted octanol–water partition coefficient (Wildman–Crippen LogP) is 2.01. The van der Waals surface area contributed by atoms with E-state index in [4.69, 9.17) is 0 Å². The second-order valence-electron chi connectivity index (χ2n) is 6.72. The van der Waals surface area contributed by atoms with Crippen molar-refractivity contribution in [3.05, 3.63) is 41.9 Å². The summed E-state index contributed by atoms with van der Waals surface area (Å²) < 4.78 is 14.6. The molecule has 3 aliphatic heterocycles. The Morgan fingerprint density at radius 2 is 2.00 bits per heavy atom. The van der Waals surface area contributed by atoms with Crippen molar-refractivity contribution in [1.29, 1.82) is 0 Å². The summed E-state index contributed by atoms with van der Waals surface area (Å²) in [5, 5.41) is 6.32. The molecule has 1 saturated heterocycles. The topological polar surface area (TPSA) is 68.7 Å². The molecule has 2 N–H and O–H groups in total. The molecule has 1 aromatic carbocycles. The average Bonchev–Trinajstić information content (AvgIpc) is 3.19. The zero-order chi connectivity index (χ0) is 18.2. The summed E-state index contributed by atoms with van der Waals surface area (Å²) >= 11 is 0. The zero-order valence-electron chi connectivity index (χ0n) is 14.8. The second kappa shape index (κ2) is 6.62. The number of rotatable bonds is 3. The van der Waals surface area contributed by atoms with Gasteiger partial charge in [0.15, 0.2) is 0 Å². The first-order valence-corrected chi connectivity index (χ1v) is 9.17. The van der Waals surface area contributed by atoms with Crippen molar-refractivity contribution in [3.63, 3.8) is 0 Å². The van der Waals surface area contributed by atoms with Crippen molar-refractivity contribution in [2.75, 3.05) is 54.4 Å². The minimum absolute atomic E-state index is 0.310. The van der Waals surface area contributed by atoms with Gasteiger partial charge in [-0.25, -0.2) is 9.37 Å². The highest BCUT2D eigenvalue weighted by molar-refractivity contribution is 6.12. The van der Waals surface area contributed by atoms with Gasteiger partial charge in [-0.15, -0.1) is 0 Å². The second-order valence-corrected chi connectivity index (χ2v) is 6.72. The van der Waals surface area contributed by atoms with E-state index in [-0.39, 0.29) is 5.82 Å². The highest BCUT2D eigenvalue weighted by atomic mass is 19.1. The first-order chi connectivity index (χ1) is 13.3. The summed E-state index contributed by atoms with van der Waals surface area (Å²) in [5.74, 6) is 1.79. The summed E-state index contributed by atoms with van der Waals surface area (Å²) in [6.45, 7) is 5.16. The lowest BCUT2D eigenvalue weighted by Crippen LogP contribution is -2.43. The molecule has 0 radical (unpaired) electrons. The number of fused-ring (bicyclic) bond motifs is 3. The smallest absolute Gasteiger partial charge is 0.229 e. The first-order valence-electron chi connectivity index (χ1n) is 9.17. The molecule has 0 aliphatic carbocycles. The SMILES string of the molecule is Fc1cc(N2CCNCC2)ccc1Nc1ncc2c(n1)N1CCN=C1C=C2. The van der Waals surface area contributed by atoms with Gasteiger partial charge in [0, 0.05) is 50.2 Å². The van der Waals surface area contributed by atoms with E-state index in [0.717, 1.165) is 62.2 Å². The number of hydrogen-bond donors (Lipinski definition) is 2. The Morgan fingerprint density at radius 1 is 1.11 bits per heavy atom. The Labute approximate surface area is 156 Å². The van der Waals surface area contributed by atoms with E-state index in [1.165, 1.54) is 0 Å². The number of piperazine rings is 1. The van der Waals surface area contributed by atoms with Crippen molar-refractivity contribution in [1.82, 2.24) is 15.3 Å². The van der Waals surface area contributed by atoms with Crippen LogP contribution in [-0.2, 0) is 0 Å². The Kier molecular flexibility index (Phi) is 3.97. The van der Waals surface area contributed by atoms with Gasteiger partial charge < -0.3 is 20.4 Å². The summed E-state index contributed by atoms with van der Waals surface area (Å²) in [5.41, 5.74) is 2.21. The monoisotopic (exact) mass is 365 g/mol. The molecule has 0 bridgehead atoms. The standard InChI is InChI=1S/C19H20FN7/c20-15-11-14(26-8-5-21-6-9-26)2-3-16(15)24-19-23-12-13-1-4-17-22-7-10-27(17)18(13)25-19/h1-4,11-12,21H,5-10H2,(H,23,24,25). The van der Waals surface area contributed by atoms with Gasteiger partial charge in [-0.3, -0.25) is 4.99 Å². The van der Waals surface area contributed by atoms with Crippen molar-refractivity contribution in [3.8, 4) is 0 Å². The molecule has 5 rings (SSSR count). The number of nitrogens with one attached hydrogen (secondary N) is 2. The number of aromatic nitrogens is 2. The molecule has 4 heterocycles. The van der Waals surface area contributed by atoms with Gasteiger partial charge in [0.05, 0.1) is 12.2 Å². The average molecular weight is 365 g/mol. The van der Waals surface area contributed by atoms with Crippen molar-refractivity contribution in [2.24, 2.45) is 4.99 Å². The molecular formula is C19H20FN7. The molecule has 3 aliphatic rings. The molecule has 7 nitrogen and oxygen atoms in total. The molecule has 8 heteroatoms. The molecule has 1 fully saturated rings. The quantitative estimate of drug-likeness (QED) is 0.867. The Hall–Kier alpha value is -3.00. The number of benzene rings is 1. The van der Waals surface area contributed by atoms with E-state index in [1.807, 2.05) is 18.2 Å². The van der Waals surface area contributed by atoms with Crippen LogP contribution in [0.5, 0.6) is 0 Å². The Bertz CT molecular complexity index is 934. The Morgan fingerprint density at radius 3 is 2.85 bits per heavy atom. The van der Waals surface area contributed by atoms with Gasteiger partial charge in [0.1, 0.15) is 17.5 Å². The molecule has 0 atom stereocenters. The fourth-order valence-electron chi connectivity index (χ4n) is 3.61. The summed E-state index contributed by atoms with van der Waals surface area (Å²) in [7, 11) is 0. The number of nitrogens with zero attached hydrogens (tertiary/aromatic N) is 5. The van der Waals surface area contributed by atoms with Crippen LogP contribution >= 0.6 is 0 Å². The van der Waals surface area contributed by atoms with Crippen LogP contribution in [0.3, 0.4) is 0 Å². The van der Waals surface area contributed by atoms with Gasteiger partial charge in [-0.05, 0) is 30.4 Å². The maximum atomic E-state index is 14.6. The summed E-state index contributed by atoms with van der Waals surface area (Å²) in [6, 6.07) is 5.25. The van der Waals surface area contributed by atoms with Gasteiger partial charge in [0.2, 0.25) is 5.95 Å². The van der Waals surface area contributed by atoms with Crippen LogP contribution in [-0.4, -0.2) is 55.1 Å². The minimum atomic E-state index is -0.310. The number of aliphatic imine (C=N–C) groups is 1. The largest absolute Gasteiger partial charge is 0.369 e. The lowest BCUT2D eigenvalue weighted by Gasteiger charge is -2.29. The molecular weight excluding hydrogens is 345 g/mol. The van der Waals surface area contributed by atoms with E-state index in [2.05, 4.69) is 35.4 Å². The number of halogens is 1. The van der Waals surface area contributed by atoms with E-state index in [0.29, 0.717) is 11.6 Å². The molecule has 2 aromatic rings. The summed E-state index contributed by atoms with van der Waals surface area (Å²) in [6.07, 6.45) is 5.69. The van der Waals surface area contributed by atoms with Crippen molar-refractivity contribution < 1.29 is 4.39 Å². The van der Waals surface area contributed by atoms with Crippen LogP contribution < -0.4 is 20.4 Å². The van der Waals surface area contributed by atoms with Gasteiger partial charge in [-0.1, -0.05) is 0 Å². The third-order valence-corrected chi connectivity index (χ3v) is 5.02. The molecule has 0 spiro atoms. The zero-order valence-corrected chi connectivity index (χ0v) is 14.8. The van der Waals surface area contributed by atoms with Gasteiger partial charge in [0.25, 0.3) is 0 Å². The number of hydrogen-bond acceptors (Lipinski definition) is 7. The fraction of sp³-hybridized carbons (Fsp3) is 0.316. The van der Waals surface area contributed by atoms with Crippen LogP contribution in [0.1, 0.15) is 5.56 Å². The maximum absolute atomic E-state index is 14.6. The van der Waals surface area contributed by atoms with Gasteiger partial charge in [-0.2, -0.15) is 4.98 Å². The highest BCUT2D eigenvalue weighted by Crippen LogP contribution is 2.29. The van der Waals surface area contributed by atoms with Crippen LogP contribution in [0.25, 0.3) is 6.08 Å². The lowest BCUT2D eigenvalue weighted by atomic mass is 10.2. The minimum Gasteiger partial charge on any atom is -0.369 e. The molecule has 138 valence electrons. The van der Waals surface area contributed by atoms with Crippen LogP contribution in [0.2, 0.25) is 0 Å². The third-order valence-electron chi connectivity index (χ3n) is 5.02. The van der Waals surface area contributed by atoms with E-state index < -0.39 is 0 Å². The lowest BCUT2D eigenvalue weighted by molar-refractivity contribution is 0.585. The summed E-state index contributed by atoms with van der Waals surface area (Å²) in [4.78, 5) is 17.6. The molecule has 0 amide bonds. The first kappa shape index (κ1) is 16.2. The number of amidine groups is 1. The van der Waals surface area contributed by atoms with Crippen LogP contribution in [0.15, 0.2) is 35.5 Å². The van der Waals surface area contributed by atoms with Crippen LogP contribution in [0, 0.1) is 5.82 Å². The fourth-order valence-corrected chi connectivity index (χ4v) is 3.61. The van der Waals surface area contributed by atoms with Crippen molar-refractivity contribution >= 4 is 35.1 Å². The molecule has 0 saturated carbocycles. The van der Waals surface area contributed by atoms with Crippen molar-refractivity contribution in [2.45, 2.75) is 0 Å². The van der Waals surface area contributed by atoms with Gasteiger partial charge >= 0.3 is 0 Å². The maximum Gasteiger partial charge on any atom is 0.229 e. The van der Waals surface area contributed by atoms with Crippen LogP contribution in [0.4, 0.5) is 27.5 Å². The van der Waals surface area contributed by atoms with E-state index in [1.54, 1.807) is 18.3 Å².